The molecular weight excluding hydrogens is 276 g/mol. The summed E-state index contributed by atoms with van der Waals surface area (Å²) in [6.07, 6.45) is 0. The number of nitrogen functional groups attached to an aromatic ring is 1. The predicted molar refractivity (Wildman–Crippen MR) is 87.9 cm³/mol. The van der Waals surface area contributed by atoms with Crippen LogP contribution in [0.4, 0.5) is 11.5 Å². The lowest BCUT2D eigenvalue weighted by Crippen LogP contribution is -2.49. The van der Waals surface area contributed by atoms with Crippen LogP contribution < -0.4 is 10.6 Å². The Morgan fingerprint density at radius 2 is 1.82 bits per heavy atom. The molecule has 22 heavy (non-hydrogen) atoms. The van der Waals surface area contributed by atoms with Crippen molar-refractivity contribution in [2.24, 2.45) is 0 Å². The van der Waals surface area contributed by atoms with Gasteiger partial charge in [0.05, 0.1) is 0 Å². The van der Waals surface area contributed by atoms with Gasteiger partial charge in [-0.3, -0.25) is 4.79 Å². The van der Waals surface area contributed by atoms with E-state index in [4.69, 9.17) is 5.73 Å². The van der Waals surface area contributed by atoms with Crippen LogP contribution in [-0.2, 0) is 0 Å². The second kappa shape index (κ2) is 6.05. The van der Waals surface area contributed by atoms with Gasteiger partial charge in [0.1, 0.15) is 11.5 Å². The van der Waals surface area contributed by atoms with Crippen molar-refractivity contribution in [2.75, 3.05) is 36.8 Å². The molecule has 0 saturated carbocycles. The summed E-state index contributed by atoms with van der Waals surface area (Å²) in [5, 5.41) is 0. The van der Waals surface area contributed by atoms with Gasteiger partial charge in [0.15, 0.2) is 0 Å². The molecule has 1 fully saturated rings. The van der Waals surface area contributed by atoms with E-state index in [-0.39, 0.29) is 5.91 Å². The fraction of sp³-hybridized carbons (Fsp3) is 0.294. The van der Waals surface area contributed by atoms with Crippen molar-refractivity contribution in [2.45, 2.75) is 6.92 Å². The first-order valence-electron chi connectivity index (χ1n) is 7.47. The average Bonchev–Trinajstić information content (AvgIpc) is 2.54. The molecule has 5 heteroatoms. The SMILES string of the molecule is Cc1cccc(N2CCN(C(=O)c3cccc(N)n3)CC2)c1. The summed E-state index contributed by atoms with van der Waals surface area (Å²) < 4.78 is 0. The van der Waals surface area contributed by atoms with Crippen LogP contribution in [0.5, 0.6) is 0 Å². The number of pyridine rings is 1. The minimum atomic E-state index is -0.0452. The van der Waals surface area contributed by atoms with Crippen LogP contribution in [0.1, 0.15) is 16.1 Å². The summed E-state index contributed by atoms with van der Waals surface area (Å²) in [4.78, 5) is 20.7. The Morgan fingerprint density at radius 1 is 1.09 bits per heavy atom. The smallest absolute Gasteiger partial charge is 0.272 e. The summed E-state index contributed by atoms with van der Waals surface area (Å²) in [6, 6.07) is 13.6. The second-order valence-corrected chi connectivity index (χ2v) is 5.57. The molecule has 3 rings (SSSR count). The monoisotopic (exact) mass is 296 g/mol. The van der Waals surface area contributed by atoms with Crippen LogP contribution in [-0.4, -0.2) is 42.0 Å². The fourth-order valence-corrected chi connectivity index (χ4v) is 2.72. The Kier molecular flexibility index (Phi) is 3.96. The quantitative estimate of drug-likeness (QED) is 0.920. The largest absolute Gasteiger partial charge is 0.384 e. The highest BCUT2D eigenvalue weighted by Crippen LogP contribution is 2.18. The number of nitrogens with two attached hydrogens (primary N) is 1. The Balaban J connectivity index is 1.65. The number of carbonyl (C=O) groups excluding carboxylic acids is 1. The van der Waals surface area contributed by atoms with Crippen LogP contribution in [0, 0.1) is 6.92 Å². The number of aryl methyl sites for hydroxylation is 1. The third-order valence-electron chi connectivity index (χ3n) is 3.92. The van der Waals surface area contributed by atoms with Gasteiger partial charge in [-0.2, -0.15) is 0 Å². The Labute approximate surface area is 130 Å². The fourth-order valence-electron chi connectivity index (χ4n) is 2.72. The lowest BCUT2D eigenvalue weighted by molar-refractivity contribution is 0.0741. The summed E-state index contributed by atoms with van der Waals surface area (Å²) in [6.45, 7) is 5.15. The van der Waals surface area contributed by atoms with Gasteiger partial charge in [-0.1, -0.05) is 18.2 Å². The van der Waals surface area contributed by atoms with Gasteiger partial charge < -0.3 is 15.5 Å². The molecule has 2 aromatic rings. The number of piperazine rings is 1. The molecule has 0 radical (unpaired) electrons. The van der Waals surface area contributed by atoms with Gasteiger partial charge in [-0.25, -0.2) is 4.98 Å². The van der Waals surface area contributed by atoms with E-state index in [9.17, 15) is 4.79 Å². The van der Waals surface area contributed by atoms with E-state index in [0.717, 1.165) is 13.1 Å². The number of anilines is 2. The maximum atomic E-state index is 12.4. The zero-order chi connectivity index (χ0) is 15.5. The molecule has 0 spiro atoms. The topological polar surface area (TPSA) is 62.5 Å². The maximum Gasteiger partial charge on any atom is 0.272 e. The predicted octanol–water partition coefficient (Wildman–Crippen LogP) is 1.93. The first kappa shape index (κ1) is 14.4. The molecule has 1 saturated heterocycles. The van der Waals surface area contributed by atoms with Gasteiger partial charge in [0.25, 0.3) is 5.91 Å². The molecule has 1 aromatic carbocycles. The molecule has 5 nitrogen and oxygen atoms in total. The van der Waals surface area contributed by atoms with E-state index < -0.39 is 0 Å². The number of aromatic nitrogens is 1. The highest BCUT2D eigenvalue weighted by Gasteiger charge is 2.23. The third-order valence-corrected chi connectivity index (χ3v) is 3.92. The van der Waals surface area contributed by atoms with Crippen molar-refractivity contribution in [3.05, 3.63) is 53.7 Å². The Morgan fingerprint density at radius 3 is 2.50 bits per heavy atom. The van der Waals surface area contributed by atoms with Crippen LogP contribution in [0.25, 0.3) is 0 Å². The standard InChI is InChI=1S/C17H20N4O/c1-13-4-2-5-14(12-13)20-8-10-21(11-9-20)17(22)15-6-3-7-16(18)19-15/h2-7,12H,8-11H2,1H3,(H2,18,19). The van der Waals surface area contributed by atoms with Crippen LogP contribution in [0.3, 0.4) is 0 Å². The molecule has 2 N–H and O–H groups in total. The van der Waals surface area contributed by atoms with E-state index in [0.29, 0.717) is 24.6 Å². The van der Waals surface area contributed by atoms with Crippen LogP contribution in [0.15, 0.2) is 42.5 Å². The molecule has 0 unspecified atom stereocenters. The zero-order valence-corrected chi connectivity index (χ0v) is 12.7. The van der Waals surface area contributed by atoms with Gasteiger partial charge in [-0.15, -0.1) is 0 Å². The van der Waals surface area contributed by atoms with Gasteiger partial charge in [0.2, 0.25) is 0 Å². The minimum absolute atomic E-state index is 0.0452. The first-order chi connectivity index (χ1) is 10.6. The van der Waals surface area contributed by atoms with Crippen LogP contribution in [0.2, 0.25) is 0 Å². The number of carbonyl (C=O) groups is 1. The number of rotatable bonds is 2. The van der Waals surface area contributed by atoms with Gasteiger partial charge in [0, 0.05) is 31.9 Å². The van der Waals surface area contributed by atoms with Crippen molar-refractivity contribution >= 4 is 17.4 Å². The summed E-state index contributed by atoms with van der Waals surface area (Å²) >= 11 is 0. The lowest BCUT2D eigenvalue weighted by Gasteiger charge is -2.36. The molecule has 0 aliphatic carbocycles. The number of nitrogens with zero attached hydrogens (tertiary/aromatic N) is 3. The molecule has 1 aliphatic heterocycles. The van der Waals surface area contributed by atoms with Gasteiger partial charge in [-0.05, 0) is 36.8 Å². The maximum absolute atomic E-state index is 12.4. The molecule has 2 heterocycles. The molecule has 0 bridgehead atoms. The number of hydrogen-bond donors (Lipinski definition) is 1. The van der Waals surface area contributed by atoms with Crippen molar-refractivity contribution in [3.8, 4) is 0 Å². The van der Waals surface area contributed by atoms with E-state index in [2.05, 4.69) is 41.1 Å². The summed E-state index contributed by atoms with van der Waals surface area (Å²) in [5.74, 6) is 0.334. The molecular formula is C17H20N4O. The molecule has 0 atom stereocenters. The number of hydrogen-bond acceptors (Lipinski definition) is 4. The zero-order valence-electron chi connectivity index (χ0n) is 12.7. The van der Waals surface area contributed by atoms with E-state index in [1.165, 1.54) is 11.3 Å². The van der Waals surface area contributed by atoms with Crippen molar-refractivity contribution < 1.29 is 4.79 Å². The Hall–Kier alpha value is -2.56. The molecule has 114 valence electrons. The normalized spacial score (nSPS) is 15.0. The number of amides is 1. The van der Waals surface area contributed by atoms with E-state index >= 15 is 0 Å². The highest BCUT2D eigenvalue weighted by atomic mass is 16.2. The average molecular weight is 296 g/mol. The lowest BCUT2D eigenvalue weighted by atomic mass is 10.2. The third kappa shape index (κ3) is 3.03. The molecule has 1 aromatic heterocycles. The second-order valence-electron chi connectivity index (χ2n) is 5.57. The first-order valence-corrected chi connectivity index (χ1v) is 7.47. The summed E-state index contributed by atoms with van der Waals surface area (Å²) in [7, 11) is 0. The number of benzene rings is 1. The van der Waals surface area contributed by atoms with Gasteiger partial charge >= 0.3 is 0 Å². The van der Waals surface area contributed by atoms with E-state index in [1.54, 1.807) is 18.2 Å². The Bertz CT molecular complexity index is 678. The van der Waals surface area contributed by atoms with Crippen molar-refractivity contribution in [1.82, 2.24) is 9.88 Å². The molecule has 1 aliphatic rings. The van der Waals surface area contributed by atoms with Crippen molar-refractivity contribution in [3.63, 3.8) is 0 Å². The summed E-state index contributed by atoms with van der Waals surface area (Å²) in [5.41, 5.74) is 8.54. The van der Waals surface area contributed by atoms with Crippen molar-refractivity contribution in [1.29, 1.82) is 0 Å². The van der Waals surface area contributed by atoms with E-state index in [1.807, 2.05) is 4.90 Å². The van der Waals surface area contributed by atoms with Crippen LogP contribution >= 0.6 is 0 Å². The minimum Gasteiger partial charge on any atom is -0.384 e. The molecule has 1 amide bonds. The highest BCUT2D eigenvalue weighted by molar-refractivity contribution is 5.92.